The van der Waals surface area contributed by atoms with Crippen LogP contribution in [-0.2, 0) is 13.0 Å². The van der Waals surface area contributed by atoms with E-state index >= 15 is 0 Å². The van der Waals surface area contributed by atoms with Crippen LogP contribution >= 0.6 is 0 Å². The second kappa shape index (κ2) is 7.83. The van der Waals surface area contributed by atoms with E-state index in [2.05, 4.69) is 22.4 Å². The van der Waals surface area contributed by atoms with E-state index in [0.717, 1.165) is 28.2 Å². The summed E-state index contributed by atoms with van der Waals surface area (Å²) in [6.07, 6.45) is 2.35. The SMILES string of the molecule is COc1cccc2c(NCc3ccccc3)nc(Cc3ccccn3)nc12. The van der Waals surface area contributed by atoms with Gasteiger partial charge in [-0.1, -0.05) is 42.5 Å². The number of benzene rings is 2. The molecule has 0 radical (unpaired) electrons. The van der Waals surface area contributed by atoms with Gasteiger partial charge in [0.05, 0.1) is 13.5 Å². The highest BCUT2D eigenvalue weighted by atomic mass is 16.5. The van der Waals surface area contributed by atoms with Crippen molar-refractivity contribution in [1.29, 1.82) is 0 Å². The fourth-order valence-corrected chi connectivity index (χ4v) is 3.00. The van der Waals surface area contributed by atoms with Gasteiger partial charge in [-0.15, -0.1) is 0 Å². The third-order valence-electron chi connectivity index (χ3n) is 4.32. The van der Waals surface area contributed by atoms with Crippen LogP contribution in [0.15, 0.2) is 72.9 Å². The first-order valence-electron chi connectivity index (χ1n) is 8.85. The number of nitrogens with one attached hydrogen (secondary N) is 1. The Labute approximate surface area is 158 Å². The monoisotopic (exact) mass is 356 g/mol. The van der Waals surface area contributed by atoms with Gasteiger partial charge in [0.2, 0.25) is 0 Å². The van der Waals surface area contributed by atoms with E-state index in [9.17, 15) is 0 Å². The third-order valence-corrected chi connectivity index (χ3v) is 4.32. The van der Waals surface area contributed by atoms with Crippen molar-refractivity contribution in [1.82, 2.24) is 15.0 Å². The summed E-state index contributed by atoms with van der Waals surface area (Å²) in [6, 6.07) is 22.0. The third kappa shape index (κ3) is 3.87. The van der Waals surface area contributed by atoms with Crippen molar-refractivity contribution in [3.8, 4) is 5.75 Å². The van der Waals surface area contributed by atoms with Gasteiger partial charge >= 0.3 is 0 Å². The molecule has 0 saturated heterocycles. The normalized spacial score (nSPS) is 10.7. The highest BCUT2D eigenvalue weighted by molar-refractivity contribution is 5.93. The number of hydrogen-bond donors (Lipinski definition) is 1. The fraction of sp³-hybridized carbons (Fsp3) is 0.136. The van der Waals surface area contributed by atoms with E-state index in [4.69, 9.17) is 14.7 Å². The number of pyridine rings is 1. The molecule has 2 aromatic carbocycles. The predicted molar refractivity (Wildman–Crippen MR) is 107 cm³/mol. The largest absolute Gasteiger partial charge is 0.494 e. The smallest absolute Gasteiger partial charge is 0.145 e. The van der Waals surface area contributed by atoms with Gasteiger partial charge in [0.15, 0.2) is 0 Å². The van der Waals surface area contributed by atoms with Crippen LogP contribution in [0, 0.1) is 0 Å². The number of fused-ring (bicyclic) bond motifs is 1. The molecule has 1 N–H and O–H groups in total. The summed E-state index contributed by atoms with van der Waals surface area (Å²) in [5, 5.41) is 4.39. The molecule has 27 heavy (non-hydrogen) atoms. The Hall–Kier alpha value is -3.47. The average Bonchev–Trinajstić information content (AvgIpc) is 2.73. The van der Waals surface area contributed by atoms with Crippen LogP contribution in [0.1, 0.15) is 17.1 Å². The molecule has 0 aliphatic heterocycles. The molecule has 4 aromatic rings. The molecular formula is C22H20N4O. The Balaban J connectivity index is 1.73. The molecule has 4 rings (SSSR count). The lowest BCUT2D eigenvalue weighted by Crippen LogP contribution is -2.07. The van der Waals surface area contributed by atoms with Crippen molar-refractivity contribution >= 4 is 16.7 Å². The van der Waals surface area contributed by atoms with Gasteiger partial charge in [0, 0.05) is 23.8 Å². The molecule has 0 bridgehead atoms. The number of nitrogens with zero attached hydrogens (tertiary/aromatic N) is 3. The molecule has 134 valence electrons. The first-order valence-corrected chi connectivity index (χ1v) is 8.85. The quantitative estimate of drug-likeness (QED) is 0.560. The number of ether oxygens (including phenoxy) is 1. The topological polar surface area (TPSA) is 59.9 Å². The molecular weight excluding hydrogens is 336 g/mol. The van der Waals surface area contributed by atoms with Gasteiger partial charge in [0.1, 0.15) is 22.9 Å². The summed E-state index contributed by atoms with van der Waals surface area (Å²) in [6.45, 7) is 0.688. The second-order valence-electron chi connectivity index (χ2n) is 6.18. The summed E-state index contributed by atoms with van der Waals surface area (Å²) >= 11 is 0. The molecule has 2 aromatic heterocycles. The zero-order valence-corrected chi connectivity index (χ0v) is 15.1. The summed E-state index contributed by atoms with van der Waals surface area (Å²) in [7, 11) is 1.66. The van der Waals surface area contributed by atoms with E-state index in [1.54, 1.807) is 13.3 Å². The number of methoxy groups -OCH3 is 1. The number of aromatic nitrogens is 3. The maximum Gasteiger partial charge on any atom is 0.145 e. The average molecular weight is 356 g/mol. The maximum absolute atomic E-state index is 5.52. The zero-order valence-electron chi connectivity index (χ0n) is 15.1. The predicted octanol–water partition coefficient (Wildman–Crippen LogP) is 4.24. The molecule has 5 heteroatoms. The van der Waals surface area contributed by atoms with Crippen LogP contribution < -0.4 is 10.1 Å². The summed E-state index contributed by atoms with van der Waals surface area (Å²) < 4.78 is 5.52. The highest BCUT2D eigenvalue weighted by Crippen LogP contribution is 2.28. The molecule has 0 atom stereocenters. The van der Waals surface area contributed by atoms with Crippen molar-refractivity contribution in [2.45, 2.75) is 13.0 Å². The summed E-state index contributed by atoms with van der Waals surface area (Å²) in [4.78, 5) is 13.9. The minimum atomic E-state index is 0.564. The Morgan fingerprint density at radius 1 is 0.889 bits per heavy atom. The molecule has 0 aliphatic carbocycles. The minimum Gasteiger partial charge on any atom is -0.494 e. The van der Waals surface area contributed by atoms with Crippen LogP contribution in [0.3, 0.4) is 0 Å². The summed E-state index contributed by atoms with van der Waals surface area (Å²) in [5.41, 5.74) is 2.93. The van der Waals surface area contributed by atoms with Crippen LogP contribution in [0.4, 0.5) is 5.82 Å². The first-order chi connectivity index (χ1) is 13.3. The molecule has 0 saturated carbocycles. The molecule has 0 amide bonds. The van der Waals surface area contributed by atoms with Gasteiger partial charge in [0.25, 0.3) is 0 Å². The fourth-order valence-electron chi connectivity index (χ4n) is 3.00. The zero-order chi connectivity index (χ0) is 18.5. The molecule has 0 fully saturated rings. The highest BCUT2D eigenvalue weighted by Gasteiger charge is 2.12. The standard InChI is InChI=1S/C22H20N4O/c1-27-19-12-7-11-18-21(19)25-20(14-17-10-5-6-13-23-17)26-22(18)24-15-16-8-3-2-4-9-16/h2-13H,14-15H2,1H3,(H,24,25,26). The van der Waals surface area contributed by atoms with Crippen molar-refractivity contribution in [2.24, 2.45) is 0 Å². The number of anilines is 1. The Kier molecular flexibility index (Phi) is 4.92. The number of para-hydroxylation sites is 1. The molecule has 0 aliphatic rings. The van der Waals surface area contributed by atoms with E-state index in [1.165, 1.54) is 5.56 Å². The first kappa shape index (κ1) is 17.0. The Morgan fingerprint density at radius 3 is 2.52 bits per heavy atom. The van der Waals surface area contributed by atoms with Crippen LogP contribution in [-0.4, -0.2) is 22.1 Å². The summed E-state index contributed by atoms with van der Waals surface area (Å²) in [5.74, 6) is 2.25. The molecule has 0 unspecified atom stereocenters. The van der Waals surface area contributed by atoms with E-state index in [-0.39, 0.29) is 0 Å². The number of hydrogen-bond acceptors (Lipinski definition) is 5. The van der Waals surface area contributed by atoms with E-state index in [0.29, 0.717) is 18.8 Å². The minimum absolute atomic E-state index is 0.564. The Morgan fingerprint density at radius 2 is 1.74 bits per heavy atom. The Bertz CT molecular complexity index is 1040. The van der Waals surface area contributed by atoms with Gasteiger partial charge in [-0.3, -0.25) is 4.98 Å². The van der Waals surface area contributed by atoms with E-state index in [1.807, 2.05) is 54.6 Å². The van der Waals surface area contributed by atoms with Crippen LogP contribution in [0.2, 0.25) is 0 Å². The molecule has 0 spiro atoms. The van der Waals surface area contributed by atoms with Crippen molar-refractivity contribution in [2.75, 3.05) is 12.4 Å². The number of rotatable bonds is 6. The molecule has 5 nitrogen and oxygen atoms in total. The lowest BCUT2D eigenvalue weighted by atomic mass is 10.2. The van der Waals surface area contributed by atoms with Crippen LogP contribution in [0.25, 0.3) is 10.9 Å². The van der Waals surface area contributed by atoms with Crippen molar-refractivity contribution < 1.29 is 4.74 Å². The molecule has 2 heterocycles. The van der Waals surface area contributed by atoms with E-state index < -0.39 is 0 Å². The van der Waals surface area contributed by atoms with Gasteiger partial charge < -0.3 is 10.1 Å². The van der Waals surface area contributed by atoms with Crippen molar-refractivity contribution in [3.05, 3.63) is 90.0 Å². The van der Waals surface area contributed by atoms with Crippen LogP contribution in [0.5, 0.6) is 5.75 Å². The van der Waals surface area contributed by atoms with Gasteiger partial charge in [-0.2, -0.15) is 0 Å². The van der Waals surface area contributed by atoms with Crippen molar-refractivity contribution in [3.63, 3.8) is 0 Å². The maximum atomic E-state index is 5.52. The second-order valence-corrected chi connectivity index (χ2v) is 6.18. The van der Waals surface area contributed by atoms with Gasteiger partial charge in [-0.25, -0.2) is 9.97 Å². The lowest BCUT2D eigenvalue weighted by Gasteiger charge is -2.13. The van der Waals surface area contributed by atoms with Gasteiger partial charge in [-0.05, 0) is 29.8 Å². The lowest BCUT2D eigenvalue weighted by molar-refractivity contribution is 0.418.